The van der Waals surface area contributed by atoms with Gasteiger partial charge in [-0.25, -0.2) is 0 Å². The molecule has 1 rings (SSSR count). The molecular formula is C15H28N2O. The Hall–Kier alpha value is -0.830. The van der Waals surface area contributed by atoms with Crippen LogP contribution in [0.3, 0.4) is 0 Å². The van der Waals surface area contributed by atoms with Gasteiger partial charge in [-0.1, -0.05) is 52.0 Å². The smallest absolute Gasteiger partial charge is 0.243 e. The van der Waals surface area contributed by atoms with Crippen LogP contribution in [0.15, 0.2) is 12.2 Å². The van der Waals surface area contributed by atoms with Gasteiger partial charge in [0.15, 0.2) is 0 Å². The molecular weight excluding hydrogens is 224 g/mol. The molecule has 3 heteroatoms. The maximum Gasteiger partial charge on any atom is 0.243 e. The summed E-state index contributed by atoms with van der Waals surface area (Å²) in [6, 6.07) is 0.345. The van der Waals surface area contributed by atoms with Crippen molar-refractivity contribution in [2.45, 2.75) is 70.9 Å². The molecule has 0 aromatic rings. The summed E-state index contributed by atoms with van der Waals surface area (Å²) in [5.41, 5.74) is 5.75. The molecule has 1 aliphatic rings. The Bertz CT molecular complexity index is 268. The molecule has 2 unspecified atom stereocenters. The molecule has 1 saturated carbocycles. The van der Waals surface area contributed by atoms with E-state index in [4.69, 9.17) is 5.73 Å². The summed E-state index contributed by atoms with van der Waals surface area (Å²) in [5.74, 6) is 0.437. The lowest BCUT2D eigenvalue weighted by atomic mass is 10.1. The number of amides is 1. The van der Waals surface area contributed by atoms with Crippen LogP contribution >= 0.6 is 0 Å². The molecule has 104 valence electrons. The van der Waals surface area contributed by atoms with Crippen LogP contribution in [0.5, 0.6) is 0 Å². The van der Waals surface area contributed by atoms with Gasteiger partial charge in [0.05, 0.1) is 0 Å². The second-order valence-corrected chi connectivity index (χ2v) is 5.43. The van der Waals surface area contributed by atoms with E-state index in [1.165, 1.54) is 38.5 Å². The number of unbranched alkanes of at least 4 members (excludes halogenated alkanes) is 6. The zero-order valence-corrected chi connectivity index (χ0v) is 11.8. The first-order valence-electron chi connectivity index (χ1n) is 7.39. The molecule has 1 fully saturated rings. The highest BCUT2D eigenvalue weighted by molar-refractivity contribution is 5.88. The van der Waals surface area contributed by atoms with Gasteiger partial charge in [0.1, 0.15) is 0 Å². The minimum absolute atomic E-state index is 0.00535. The van der Waals surface area contributed by atoms with Gasteiger partial charge < -0.3 is 11.1 Å². The molecule has 1 amide bonds. The van der Waals surface area contributed by atoms with Crippen LogP contribution in [-0.2, 0) is 4.79 Å². The van der Waals surface area contributed by atoms with Crippen molar-refractivity contribution < 1.29 is 4.79 Å². The molecule has 0 aromatic heterocycles. The number of hydrogen-bond acceptors (Lipinski definition) is 2. The summed E-state index contributed by atoms with van der Waals surface area (Å²) < 4.78 is 0. The number of hydrogen-bond donors (Lipinski definition) is 2. The summed E-state index contributed by atoms with van der Waals surface area (Å²) in [6.45, 7) is 4.30. The van der Waals surface area contributed by atoms with Crippen LogP contribution in [0.2, 0.25) is 0 Å². The van der Waals surface area contributed by atoms with E-state index >= 15 is 0 Å². The molecule has 18 heavy (non-hydrogen) atoms. The van der Waals surface area contributed by atoms with Crippen molar-refractivity contribution in [3.8, 4) is 0 Å². The fourth-order valence-electron chi connectivity index (χ4n) is 2.17. The van der Waals surface area contributed by atoms with Crippen molar-refractivity contribution >= 4 is 5.91 Å². The lowest BCUT2D eigenvalue weighted by Gasteiger charge is -1.99. The summed E-state index contributed by atoms with van der Waals surface area (Å²) in [6.07, 6.45) is 12.4. The number of carbonyl (C=O) groups excluding carboxylic acids is 1. The molecule has 3 N–H and O–H groups in total. The Labute approximate surface area is 111 Å². The fourth-order valence-corrected chi connectivity index (χ4v) is 2.17. The van der Waals surface area contributed by atoms with E-state index in [1.54, 1.807) is 6.08 Å². The zero-order valence-electron chi connectivity index (χ0n) is 11.8. The lowest BCUT2D eigenvalue weighted by molar-refractivity contribution is -0.116. The van der Waals surface area contributed by atoms with Gasteiger partial charge in [-0.3, -0.25) is 4.79 Å². The quantitative estimate of drug-likeness (QED) is 0.490. The topological polar surface area (TPSA) is 55.1 Å². The van der Waals surface area contributed by atoms with Crippen molar-refractivity contribution in [1.82, 2.24) is 5.32 Å². The van der Waals surface area contributed by atoms with E-state index < -0.39 is 0 Å². The van der Waals surface area contributed by atoms with Crippen molar-refractivity contribution in [1.29, 1.82) is 0 Å². The van der Waals surface area contributed by atoms with Crippen molar-refractivity contribution in [3.05, 3.63) is 12.2 Å². The number of carbonyl (C=O) groups is 1. The summed E-state index contributed by atoms with van der Waals surface area (Å²) in [4.78, 5) is 11.5. The Balaban J connectivity index is 1.94. The fraction of sp³-hybridized carbons (Fsp3) is 0.800. The summed E-state index contributed by atoms with van der Waals surface area (Å²) >= 11 is 0. The highest BCUT2D eigenvalue weighted by atomic mass is 16.1. The van der Waals surface area contributed by atoms with Gasteiger partial charge in [0, 0.05) is 12.1 Å². The summed E-state index contributed by atoms with van der Waals surface area (Å²) in [7, 11) is 0. The average Bonchev–Trinajstić information content (AvgIpc) is 2.90. The first-order valence-corrected chi connectivity index (χ1v) is 7.39. The van der Waals surface area contributed by atoms with Gasteiger partial charge in [-0.05, 0) is 24.8 Å². The largest absolute Gasteiger partial charge is 0.348 e. The first kappa shape index (κ1) is 15.2. The highest BCUT2D eigenvalue weighted by Crippen LogP contribution is 2.27. The maximum atomic E-state index is 11.5. The van der Waals surface area contributed by atoms with E-state index in [0.717, 1.165) is 6.42 Å². The maximum absolute atomic E-state index is 11.5. The molecule has 0 bridgehead atoms. The second kappa shape index (κ2) is 8.30. The van der Waals surface area contributed by atoms with Crippen LogP contribution in [0.4, 0.5) is 0 Å². The number of allylic oxidation sites excluding steroid dienone is 1. The van der Waals surface area contributed by atoms with Crippen LogP contribution in [-0.4, -0.2) is 18.0 Å². The second-order valence-electron chi connectivity index (χ2n) is 5.43. The predicted octanol–water partition coefficient (Wildman–Crippen LogP) is 2.76. The molecule has 0 spiro atoms. The SMILES string of the molecule is CCCCCCCC/C=C/C(=O)NC1C(N)[C@H]1C. The minimum Gasteiger partial charge on any atom is -0.348 e. The Morgan fingerprint density at radius 1 is 1.22 bits per heavy atom. The van der Waals surface area contributed by atoms with E-state index in [2.05, 4.69) is 19.2 Å². The lowest BCUT2D eigenvalue weighted by Crippen LogP contribution is -2.28. The van der Waals surface area contributed by atoms with Crippen molar-refractivity contribution in [3.63, 3.8) is 0 Å². The van der Waals surface area contributed by atoms with Crippen LogP contribution in [0, 0.1) is 5.92 Å². The standard InChI is InChI=1S/C15H28N2O/c1-3-4-5-6-7-8-9-10-11-13(18)17-15-12(2)14(15)16/h10-12,14-15H,3-9,16H2,1-2H3,(H,17,18)/b11-10+/t12-,14?,15?/m1/s1. The molecule has 0 heterocycles. The molecule has 3 atom stereocenters. The van der Waals surface area contributed by atoms with Gasteiger partial charge in [0.25, 0.3) is 0 Å². The molecule has 3 nitrogen and oxygen atoms in total. The zero-order chi connectivity index (χ0) is 13.4. The third-order valence-electron chi connectivity index (χ3n) is 3.75. The highest BCUT2D eigenvalue weighted by Gasteiger charge is 2.44. The van der Waals surface area contributed by atoms with E-state index in [9.17, 15) is 4.79 Å². The Morgan fingerprint density at radius 3 is 2.44 bits per heavy atom. The molecule has 0 aliphatic heterocycles. The van der Waals surface area contributed by atoms with E-state index in [-0.39, 0.29) is 18.0 Å². The third kappa shape index (κ3) is 5.67. The van der Waals surface area contributed by atoms with Gasteiger partial charge in [-0.2, -0.15) is 0 Å². The first-order chi connectivity index (χ1) is 8.66. The van der Waals surface area contributed by atoms with E-state index in [0.29, 0.717) is 5.92 Å². The number of rotatable bonds is 9. The Morgan fingerprint density at radius 2 is 1.83 bits per heavy atom. The van der Waals surface area contributed by atoms with Gasteiger partial charge in [-0.15, -0.1) is 0 Å². The minimum atomic E-state index is 0.00535. The molecule has 0 aromatic carbocycles. The number of nitrogens with two attached hydrogens (primary N) is 1. The predicted molar refractivity (Wildman–Crippen MR) is 76.2 cm³/mol. The van der Waals surface area contributed by atoms with Crippen LogP contribution in [0.25, 0.3) is 0 Å². The van der Waals surface area contributed by atoms with E-state index in [1.807, 2.05) is 6.08 Å². The Kier molecular flexibility index (Phi) is 7.02. The van der Waals surface area contributed by atoms with Crippen molar-refractivity contribution in [2.24, 2.45) is 11.7 Å². The number of nitrogens with one attached hydrogen (secondary N) is 1. The van der Waals surface area contributed by atoms with Crippen molar-refractivity contribution in [2.75, 3.05) is 0 Å². The third-order valence-corrected chi connectivity index (χ3v) is 3.75. The molecule has 1 aliphatic carbocycles. The molecule has 0 radical (unpaired) electrons. The monoisotopic (exact) mass is 252 g/mol. The molecule has 0 saturated heterocycles. The normalized spacial score (nSPS) is 26.5. The van der Waals surface area contributed by atoms with Gasteiger partial charge in [0.2, 0.25) is 5.91 Å². The van der Waals surface area contributed by atoms with Gasteiger partial charge >= 0.3 is 0 Å². The van der Waals surface area contributed by atoms with Crippen LogP contribution in [0.1, 0.15) is 58.8 Å². The van der Waals surface area contributed by atoms with Crippen LogP contribution < -0.4 is 11.1 Å². The summed E-state index contributed by atoms with van der Waals surface area (Å²) in [5, 5.41) is 2.92. The average molecular weight is 252 g/mol.